The molecule has 0 aliphatic heterocycles. The molecule has 1 rings (SSSR count). The number of benzene rings is 1. The van der Waals surface area contributed by atoms with Crippen LogP contribution in [0.2, 0.25) is 0 Å². The van der Waals surface area contributed by atoms with Gasteiger partial charge in [0.05, 0.1) is 17.8 Å². The van der Waals surface area contributed by atoms with E-state index in [2.05, 4.69) is 10.6 Å². The molecule has 0 spiro atoms. The molecule has 3 N–H and O–H groups in total. The molecule has 0 aliphatic carbocycles. The van der Waals surface area contributed by atoms with Crippen LogP contribution >= 0.6 is 12.4 Å². The second-order valence-electron chi connectivity index (χ2n) is 4.65. The van der Waals surface area contributed by atoms with Gasteiger partial charge in [-0.3, -0.25) is 14.9 Å². The van der Waals surface area contributed by atoms with Gasteiger partial charge < -0.3 is 10.4 Å². The normalized spacial score (nSPS) is 12.2. The standard InChI is InChI=1S/C14H17F3N2O3.ClH/c1-2-5-11(13(21)22)18-8-12(20)19-10-7-4-3-6-9(10)14(15,16)17;/h3-4,6-7,11,18H,2,5,8H2,1H3,(H,19,20)(H,21,22);1H. The minimum Gasteiger partial charge on any atom is -0.480 e. The van der Waals surface area contributed by atoms with Crippen molar-refractivity contribution < 1.29 is 27.9 Å². The molecule has 0 fully saturated rings. The summed E-state index contributed by atoms with van der Waals surface area (Å²) in [5.74, 6) is -1.84. The van der Waals surface area contributed by atoms with Crippen molar-refractivity contribution in [3.05, 3.63) is 29.8 Å². The molecule has 1 aromatic carbocycles. The highest BCUT2D eigenvalue weighted by atomic mass is 35.5. The lowest BCUT2D eigenvalue weighted by atomic mass is 10.1. The van der Waals surface area contributed by atoms with E-state index in [1.807, 2.05) is 0 Å². The molecule has 0 heterocycles. The molecule has 23 heavy (non-hydrogen) atoms. The van der Waals surface area contributed by atoms with Gasteiger partial charge in [-0.15, -0.1) is 12.4 Å². The molecule has 0 saturated heterocycles. The van der Waals surface area contributed by atoms with Crippen molar-refractivity contribution >= 4 is 30.0 Å². The number of nitrogens with one attached hydrogen (secondary N) is 2. The van der Waals surface area contributed by atoms with Crippen molar-refractivity contribution in [1.82, 2.24) is 5.32 Å². The monoisotopic (exact) mass is 354 g/mol. The van der Waals surface area contributed by atoms with Gasteiger partial charge in [-0.05, 0) is 18.6 Å². The van der Waals surface area contributed by atoms with Crippen LogP contribution in [0.1, 0.15) is 25.3 Å². The average molecular weight is 355 g/mol. The molecule has 9 heteroatoms. The number of anilines is 1. The summed E-state index contributed by atoms with van der Waals surface area (Å²) in [6.07, 6.45) is -3.66. The Labute approximate surface area is 137 Å². The molecule has 1 atom stereocenters. The molecule has 1 unspecified atom stereocenters. The van der Waals surface area contributed by atoms with E-state index in [9.17, 15) is 22.8 Å². The summed E-state index contributed by atoms with van der Waals surface area (Å²) in [6, 6.07) is 3.68. The SMILES string of the molecule is CCCC(NCC(=O)Nc1ccccc1C(F)(F)F)C(=O)O.Cl. The van der Waals surface area contributed by atoms with E-state index in [1.54, 1.807) is 6.92 Å². The highest BCUT2D eigenvalue weighted by Crippen LogP contribution is 2.34. The third-order valence-corrected chi connectivity index (χ3v) is 2.89. The minimum absolute atomic E-state index is 0. The largest absolute Gasteiger partial charge is 0.480 e. The number of hydrogen-bond acceptors (Lipinski definition) is 3. The van der Waals surface area contributed by atoms with Gasteiger partial charge in [0.25, 0.3) is 0 Å². The Morgan fingerprint density at radius 1 is 1.26 bits per heavy atom. The number of aliphatic carboxylic acids is 1. The third kappa shape index (κ3) is 6.87. The Bertz CT molecular complexity index is 538. The molecule has 0 aliphatic rings. The maximum atomic E-state index is 12.8. The van der Waals surface area contributed by atoms with E-state index in [-0.39, 0.29) is 24.6 Å². The number of carboxylic acid groups (broad SMARTS) is 1. The first-order valence-corrected chi connectivity index (χ1v) is 6.68. The Morgan fingerprint density at radius 2 is 1.87 bits per heavy atom. The fourth-order valence-electron chi connectivity index (χ4n) is 1.85. The Kier molecular flexibility index (Phi) is 8.63. The van der Waals surface area contributed by atoms with Crippen LogP contribution < -0.4 is 10.6 Å². The fraction of sp³-hybridized carbons (Fsp3) is 0.429. The molecule has 0 radical (unpaired) electrons. The van der Waals surface area contributed by atoms with E-state index in [1.165, 1.54) is 12.1 Å². The number of carbonyl (C=O) groups excluding carboxylic acids is 1. The molecule has 1 aromatic rings. The van der Waals surface area contributed by atoms with Crippen molar-refractivity contribution in [2.24, 2.45) is 0 Å². The second kappa shape index (κ2) is 9.36. The van der Waals surface area contributed by atoms with Crippen molar-refractivity contribution in [3.8, 4) is 0 Å². The van der Waals surface area contributed by atoms with Gasteiger partial charge in [0.2, 0.25) is 5.91 Å². The molecule has 130 valence electrons. The molecule has 5 nitrogen and oxygen atoms in total. The number of para-hydroxylation sites is 1. The highest BCUT2D eigenvalue weighted by molar-refractivity contribution is 5.93. The van der Waals surface area contributed by atoms with Crippen molar-refractivity contribution in [2.75, 3.05) is 11.9 Å². The molecule has 0 bridgehead atoms. The molecule has 0 aromatic heterocycles. The first-order chi connectivity index (χ1) is 10.3. The molecule has 0 saturated carbocycles. The quantitative estimate of drug-likeness (QED) is 0.703. The smallest absolute Gasteiger partial charge is 0.418 e. The summed E-state index contributed by atoms with van der Waals surface area (Å²) < 4.78 is 38.3. The average Bonchev–Trinajstić information content (AvgIpc) is 2.42. The zero-order chi connectivity index (χ0) is 16.8. The molecular formula is C14H18ClF3N2O3. The number of carbonyl (C=O) groups is 2. The van der Waals surface area contributed by atoms with Gasteiger partial charge in [0.15, 0.2) is 0 Å². The lowest BCUT2D eigenvalue weighted by Crippen LogP contribution is -2.41. The van der Waals surface area contributed by atoms with Crippen LogP contribution in [-0.4, -0.2) is 29.6 Å². The molecular weight excluding hydrogens is 337 g/mol. The second-order valence-corrected chi connectivity index (χ2v) is 4.65. The van der Waals surface area contributed by atoms with E-state index in [0.29, 0.717) is 12.8 Å². The Balaban J connectivity index is 0.00000484. The minimum atomic E-state index is -4.58. The first kappa shape index (κ1) is 21.2. The summed E-state index contributed by atoms with van der Waals surface area (Å²) in [7, 11) is 0. The third-order valence-electron chi connectivity index (χ3n) is 2.89. The van der Waals surface area contributed by atoms with Crippen LogP contribution in [0.5, 0.6) is 0 Å². The van der Waals surface area contributed by atoms with Gasteiger partial charge in [-0.1, -0.05) is 25.5 Å². The van der Waals surface area contributed by atoms with Gasteiger partial charge in [0.1, 0.15) is 6.04 Å². The Morgan fingerprint density at radius 3 is 2.39 bits per heavy atom. The zero-order valence-corrected chi connectivity index (χ0v) is 13.1. The number of alkyl halides is 3. The van der Waals surface area contributed by atoms with Crippen LogP contribution in [0.25, 0.3) is 0 Å². The summed E-state index contributed by atoms with van der Waals surface area (Å²) >= 11 is 0. The van der Waals surface area contributed by atoms with Gasteiger partial charge in [-0.2, -0.15) is 13.2 Å². The summed E-state index contributed by atoms with van der Waals surface area (Å²) in [5, 5.41) is 13.6. The van der Waals surface area contributed by atoms with Crippen LogP contribution in [0.4, 0.5) is 18.9 Å². The number of amides is 1. The maximum absolute atomic E-state index is 12.8. The summed E-state index contributed by atoms with van der Waals surface area (Å²) in [4.78, 5) is 22.6. The van der Waals surface area contributed by atoms with Gasteiger partial charge >= 0.3 is 12.1 Å². The van der Waals surface area contributed by atoms with E-state index < -0.39 is 29.7 Å². The van der Waals surface area contributed by atoms with Crippen LogP contribution in [0, 0.1) is 0 Å². The van der Waals surface area contributed by atoms with Crippen molar-refractivity contribution in [2.45, 2.75) is 32.0 Å². The molecule has 1 amide bonds. The van der Waals surface area contributed by atoms with E-state index in [4.69, 9.17) is 5.11 Å². The number of carboxylic acids is 1. The predicted octanol–water partition coefficient (Wildman–Crippen LogP) is 2.91. The predicted molar refractivity (Wildman–Crippen MR) is 81.7 cm³/mol. The van der Waals surface area contributed by atoms with E-state index >= 15 is 0 Å². The van der Waals surface area contributed by atoms with Crippen LogP contribution in [0.3, 0.4) is 0 Å². The summed E-state index contributed by atoms with van der Waals surface area (Å²) in [6.45, 7) is 1.40. The maximum Gasteiger partial charge on any atom is 0.418 e. The van der Waals surface area contributed by atoms with Crippen molar-refractivity contribution in [1.29, 1.82) is 0 Å². The van der Waals surface area contributed by atoms with Crippen LogP contribution in [-0.2, 0) is 15.8 Å². The number of halogens is 4. The first-order valence-electron chi connectivity index (χ1n) is 6.68. The lowest BCUT2D eigenvalue weighted by Gasteiger charge is -2.15. The lowest BCUT2D eigenvalue weighted by molar-refractivity contribution is -0.139. The van der Waals surface area contributed by atoms with E-state index in [0.717, 1.165) is 12.1 Å². The number of rotatable bonds is 7. The van der Waals surface area contributed by atoms with Crippen molar-refractivity contribution in [3.63, 3.8) is 0 Å². The van der Waals surface area contributed by atoms with Crippen LogP contribution in [0.15, 0.2) is 24.3 Å². The highest BCUT2D eigenvalue weighted by Gasteiger charge is 2.33. The summed E-state index contributed by atoms with van der Waals surface area (Å²) in [5.41, 5.74) is -1.31. The van der Waals surface area contributed by atoms with Gasteiger partial charge in [-0.25, -0.2) is 0 Å². The number of hydrogen-bond donors (Lipinski definition) is 3. The van der Waals surface area contributed by atoms with Gasteiger partial charge in [0, 0.05) is 0 Å². The fourth-order valence-corrected chi connectivity index (χ4v) is 1.85. The Hall–Kier alpha value is -1.80. The topological polar surface area (TPSA) is 78.4 Å². The zero-order valence-electron chi connectivity index (χ0n) is 12.3.